The number of aryl methyl sites for hydroxylation is 1. The van der Waals surface area contributed by atoms with E-state index in [9.17, 15) is 4.79 Å². The molecule has 0 unspecified atom stereocenters. The van der Waals surface area contributed by atoms with Crippen LogP contribution >= 0.6 is 11.8 Å². The van der Waals surface area contributed by atoms with Gasteiger partial charge in [-0.15, -0.1) is 0 Å². The third-order valence-corrected chi connectivity index (χ3v) is 6.35. The van der Waals surface area contributed by atoms with Crippen LogP contribution in [0.2, 0.25) is 0 Å². The molecule has 3 N–H and O–H groups in total. The minimum atomic E-state index is -0.000170. The summed E-state index contributed by atoms with van der Waals surface area (Å²) in [6.07, 6.45) is 5.71. The molecule has 4 rings (SSSR count). The second kappa shape index (κ2) is 8.91. The van der Waals surface area contributed by atoms with E-state index in [4.69, 9.17) is 10.1 Å². The molecule has 0 aliphatic heterocycles. The number of hydrogen-bond donors (Lipinski definition) is 3. The number of methoxy groups -OCH3 is 1. The summed E-state index contributed by atoms with van der Waals surface area (Å²) in [4.78, 5) is 17.2. The second-order valence-electron chi connectivity index (χ2n) is 7.51. The minimum Gasteiger partial charge on any atom is -0.497 e. The SMILES string of the molecule is COc1ccc(-n2c(SCC(=O)NC3CCCCC3)nc3n[nH]c(C)c3c2=N)cc1. The van der Waals surface area contributed by atoms with Crippen LogP contribution in [0.15, 0.2) is 29.4 Å². The fourth-order valence-corrected chi connectivity index (χ4v) is 4.66. The molecule has 2 heterocycles. The van der Waals surface area contributed by atoms with E-state index in [2.05, 4.69) is 20.5 Å². The number of amides is 1. The van der Waals surface area contributed by atoms with Crippen LogP contribution < -0.4 is 15.5 Å². The van der Waals surface area contributed by atoms with Gasteiger partial charge >= 0.3 is 0 Å². The third kappa shape index (κ3) is 4.21. The maximum absolute atomic E-state index is 12.5. The number of nitrogens with zero attached hydrogens (tertiary/aromatic N) is 3. The van der Waals surface area contributed by atoms with Gasteiger partial charge in [-0.25, -0.2) is 4.98 Å². The van der Waals surface area contributed by atoms with E-state index >= 15 is 0 Å². The summed E-state index contributed by atoms with van der Waals surface area (Å²) < 4.78 is 7.00. The number of aromatic nitrogens is 4. The highest BCUT2D eigenvalue weighted by molar-refractivity contribution is 7.99. The molecule has 0 spiro atoms. The standard InChI is InChI=1S/C21H26N6O2S/c1-13-18-19(22)27(15-8-10-16(29-2)11-9-15)21(24-20(18)26-25-13)30-12-17(28)23-14-6-4-3-5-7-14/h8-11,14,22H,3-7,12H2,1-2H3,(H,23,28)(H,25,26). The molecule has 9 heteroatoms. The summed E-state index contributed by atoms with van der Waals surface area (Å²) in [7, 11) is 1.62. The molecule has 0 bridgehead atoms. The zero-order valence-corrected chi connectivity index (χ0v) is 18.0. The van der Waals surface area contributed by atoms with E-state index in [1.54, 1.807) is 11.7 Å². The van der Waals surface area contributed by atoms with Crippen molar-refractivity contribution in [1.29, 1.82) is 5.41 Å². The molecule has 8 nitrogen and oxygen atoms in total. The fourth-order valence-electron chi connectivity index (χ4n) is 3.84. The Morgan fingerprint density at radius 2 is 2.03 bits per heavy atom. The first-order valence-electron chi connectivity index (χ1n) is 10.2. The molecule has 1 fully saturated rings. The van der Waals surface area contributed by atoms with E-state index in [0.29, 0.717) is 16.2 Å². The van der Waals surface area contributed by atoms with Crippen LogP contribution in [0, 0.1) is 12.3 Å². The molecule has 0 saturated heterocycles. The molecule has 2 aromatic heterocycles. The highest BCUT2D eigenvalue weighted by atomic mass is 32.2. The Morgan fingerprint density at radius 3 is 2.73 bits per heavy atom. The van der Waals surface area contributed by atoms with E-state index < -0.39 is 0 Å². The molecular weight excluding hydrogens is 400 g/mol. The molecule has 1 aliphatic carbocycles. The van der Waals surface area contributed by atoms with Gasteiger partial charge in [0.15, 0.2) is 10.8 Å². The molecule has 30 heavy (non-hydrogen) atoms. The number of H-pyrrole nitrogens is 1. The first kappa shape index (κ1) is 20.5. The highest BCUT2D eigenvalue weighted by Crippen LogP contribution is 2.23. The van der Waals surface area contributed by atoms with E-state index in [-0.39, 0.29) is 23.2 Å². The number of nitrogens with one attached hydrogen (secondary N) is 3. The second-order valence-corrected chi connectivity index (χ2v) is 8.46. The number of thioether (sulfide) groups is 1. The molecule has 1 saturated carbocycles. The summed E-state index contributed by atoms with van der Waals surface area (Å²) in [6.45, 7) is 1.87. The number of carbonyl (C=O) groups is 1. The van der Waals surface area contributed by atoms with E-state index in [0.717, 1.165) is 30.0 Å². The Labute approximate surface area is 178 Å². The van der Waals surface area contributed by atoms with Gasteiger partial charge in [0.25, 0.3) is 0 Å². The van der Waals surface area contributed by atoms with Crippen LogP contribution in [0.3, 0.4) is 0 Å². The monoisotopic (exact) mass is 426 g/mol. The number of fused-ring (bicyclic) bond motifs is 1. The number of benzene rings is 1. The Bertz CT molecular complexity index is 1100. The predicted octanol–water partition coefficient (Wildman–Crippen LogP) is 3.09. The van der Waals surface area contributed by atoms with Crippen molar-refractivity contribution in [3.63, 3.8) is 0 Å². The van der Waals surface area contributed by atoms with Crippen molar-refractivity contribution >= 4 is 28.7 Å². The molecule has 3 aromatic rings. The van der Waals surface area contributed by atoms with Gasteiger partial charge in [-0.05, 0) is 44.0 Å². The third-order valence-electron chi connectivity index (χ3n) is 5.41. The summed E-state index contributed by atoms with van der Waals surface area (Å²) in [5.74, 6) is 0.980. The van der Waals surface area contributed by atoms with Gasteiger partial charge in [-0.3, -0.25) is 19.9 Å². The first-order valence-corrected chi connectivity index (χ1v) is 11.1. The maximum Gasteiger partial charge on any atom is 0.230 e. The Balaban J connectivity index is 1.63. The molecule has 1 amide bonds. The largest absolute Gasteiger partial charge is 0.497 e. The fraction of sp³-hybridized carbons (Fsp3) is 0.429. The Kier molecular flexibility index (Phi) is 6.08. The average molecular weight is 427 g/mol. The number of aromatic amines is 1. The van der Waals surface area contributed by atoms with Gasteiger partial charge in [-0.1, -0.05) is 31.0 Å². The summed E-state index contributed by atoms with van der Waals surface area (Å²) in [5, 5.41) is 20.3. The Morgan fingerprint density at radius 1 is 1.30 bits per heavy atom. The normalized spacial score (nSPS) is 14.7. The highest BCUT2D eigenvalue weighted by Gasteiger charge is 2.19. The molecule has 0 radical (unpaired) electrons. The topological polar surface area (TPSA) is 109 Å². The minimum absolute atomic E-state index is 0.000170. The van der Waals surface area contributed by atoms with Crippen LogP contribution in [0.4, 0.5) is 0 Å². The van der Waals surface area contributed by atoms with Gasteiger partial charge < -0.3 is 10.1 Å². The van der Waals surface area contributed by atoms with Crippen LogP contribution in [-0.2, 0) is 4.79 Å². The molecule has 158 valence electrons. The van der Waals surface area contributed by atoms with Crippen molar-refractivity contribution in [3.05, 3.63) is 35.4 Å². The summed E-state index contributed by atoms with van der Waals surface area (Å²) >= 11 is 1.32. The number of ether oxygens (including phenoxy) is 1. The van der Waals surface area contributed by atoms with Crippen molar-refractivity contribution in [2.45, 2.75) is 50.2 Å². The van der Waals surface area contributed by atoms with Crippen LogP contribution in [-0.4, -0.2) is 44.6 Å². The van der Waals surface area contributed by atoms with Gasteiger partial charge in [0.2, 0.25) is 5.91 Å². The predicted molar refractivity (Wildman–Crippen MR) is 116 cm³/mol. The van der Waals surface area contributed by atoms with Crippen molar-refractivity contribution in [3.8, 4) is 11.4 Å². The Hall–Kier alpha value is -2.81. The van der Waals surface area contributed by atoms with Crippen LogP contribution in [0.25, 0.3) is 16.7 Å². The number of hydrogen-bond acceptors (Lipinski definition) is 6. The average Bonchev–Trinajstić information content (AvgIpc) is 3.14. The molecular formula is C21H26N6O2S. The van der Waals surface area contributed by atoms with E-state index in [1.807, 2.05) is 31.2 Å². The van der Waals surface area contributed by atoms with Gasteiger partial charge in [0.1, 0.15) is 11.2 Å². The number of rotatable bonds is 6. The first-order chi connectivity index (χ1) is 14.6. The molecule has 1 aromatic carbocycles. The van der Waals surface area contributed by atoms with Crippen molar-refractivity contribution < 1.29 is 9.53 Å². The van der Waals surface area contributed by atoms with Gasteiger partial charge in [0.05, 0.1) is 18.2 Å². The lowest BCUT2D eigenvalue weighted by Crippen LogP contribution is -2.37. The maximum atomic E-state index is 12.5. The lowest BCUT2D eigenvalue weighted by molar-refractivity contribution is -0.119. The van der Waals surface area contributed by atoms with E-state index in [1.165, 1.54) is 31.0 Å². The van der Waals surface area contributed by atoms with Crippen LogP contribution in [0.5, 0.6) is 5.75 Å². The molecule has 0 atom stereocenters. The summed E-state index contributed by atoms with van der Waals surface area (Å²) in [6, 6.07) is 7.73. The van der Waals surface area contributed by atoms with Crippen molar-refractivity contribution in [2.24, 2.45) is 0 Å². The quantitative estimate of drug-likeness (QED) is 0.415. The van der Waals surface area contributed by atoms with Crippen LogP contribution in [0.1, 0.15) is 37.8 Å². The lowest BCUT2D eigenvalue weighted by atomic mass is 9.95. The van der Waals surface area contributed by atoms with Crippen molar-refractivity contribution in [1.82, 2.24) is 25.1 Å². The smallest absolute Gasteiger partial charge is 0.230 e. The zero-order valence-electron chi connectivity index (χ0n) is 17.2. The van der Waals surface area contributed by atoms with Crippen molar-refractivity contribution in [2.75, 3.05) is 12.9 Å². The summed E-state index contributed by atoms with van der Waals surface area (Å²) in [5.41, 5.74) is 2.34. The van der Waals surface area contributed by atoms with Gasteiger partial charge in [0, 0.05) is 17.4 Å². The zero-order chi connectivity index (χ0) is 21.1. The number of carbonyl (C=O) groups excluding carboxylic acids is 1. The van der Waals surface area contributed by atoms with Gasteiger partial charge in [-0.2, -0.15) is 5.10 Å². The lowest BCUT2D eigenvalue weighted by Gasteiger charge is -2.22. The molecule has 1 aliphatic rings.